The second kappa shape index (κ2) is 6.23. The summed E-state index contributed by atoms with van der Waals surface area (Å²) < 4.78 is 0. The molecule has 4 heteroatoms. The molecule has 1 atom stereocenters. The van der Waals surface area contributed by atoms with Gasteiger partial charge in [0.2, 0.25) is 0 Å². The van der Waals surface area contributed by atoms with Gasteiger partial charge in [-0.1, -0.05) is 6.42 Å². The standard InChI is InChI=1S/C5H8NO2.CH3.Y/c7-6(8)5-3-1-2-4-5;;/h3,5H,1-2,4H2;1H3;/q2*-1;. The van der Waals surface area contributed by atoms with Crippen LogP contribution in [-0.4, -0.2) is 11.0 Å². The van der Waals surface area contributed by atoms with E-state index in [0.717, 1.165) is 19.3 Å². The van der Waals surface area contributed by atoms with Crippen molar-refractivity contribution in [2.45, 2.75) is 25.3 Å². The van der Waals surface area contributed by atoms with Gasteiger partial charge in [0.05, 0.1) is 6.04 Å². The molecule has 1 saturated carbocycles. The van der Waals surface area contributed by atoms with E-state index >= 15 is 0 Å². The first-order valence-electron chi connectivity index (χ1n) is 2.77. The molecule has 1 radical (unpaired) electrons. The Bertz CT molecular complexity index is 102. The molecule has 1 fully saturated rings. The predicted octanol–water partition coefficient (Wildman–Crippen LogP) is 1.47. The van der Waals surface area contributed by atoms with Crippen molar-refractivity contribution in [1.29, 1.82) is 0 Å². The average Bonchev–Trinajstić information content (AvgIpc) is 2.12. The molecule has 0 heterocycles. The molecule has 0 saturated heterocycles. The first kappa shape index (κ1) is 13.1. The molecule has 1 rings (SSSR count). The van der Waals surface area contributed by atoms with Crippen molar-refractivity contribution in [2.75, 3.05) is 0 Å². The zero-order valence-electron chi connectivity index (χ0n) is 6.12. The summed E-state index contributed by atoms with van der Waals surface area (Å²) in [4.78, 5) is 9.76. The summed E-state index contributed by atoms with van der Waals surface area (Å²) in [6.07, 6.45) is 4.43. The van der Waals surface area contributed by atoms with Crippen molar-refractivity contribution >= 4 is 0 Å². The minimum Gasteiger partial charge on any atom is -0.358 e. The van der Waals surface area contributed by atoms with Crippen LogP contribution < -0.4 is 0 Å². The van der Waals surface area contributed by atoms with Crippen LogP contribution in [0.15, 0.2) is 0 Å². The summed E-state index contributed by atoms with van der Waals surface area (Å²) in [5, 5.41) is 9.98. The van der Waals surface area contributed by atoms with E-state index in [9.17, 15) is 10.1 Å². The summed E-state index contributed by atoms with van der Waals surface area (Å²) >= 11 is 0. The zero-order chi connectivity index (χ0) is 5.98. The fraction of sp³-hybridized carbons (Fsp3) is 0.667. The molecule has 0 aromatic carbocycles. The molecule has 3 nitrogen and oxygen atoms in total. The Morgan fingerprint density at radius 2 is 2.20 bits per heavy atom. The van der Waals surface area contributed by atoms with Crippen molar-refractivity contribution in [2.24, 2.45) is 0 Å². The predicted molar refractivity (Wildman–Crippen MR) is 35.3 cm³/mol. The van der Waals surface area contributed by atoms with Crippen LogP contribution in [0.4, 0.5) is 0 Å². The maximum absolute atomic E-state index is 9.98. The molecular formula is C6H11NO2Y-2. The first-order chi connectivity index (χ1) is 3.80. The topological polar surface area (TPSA) is 43.1 Å². The Labute approximate surface area is 86.6 Å². The minimum absolute atomic E-state index is 0. The third kappa shape index (κ3) is 3.62. The van der Waals surface area contributed by atoms with Crippen LogP contribution in [0.1, 0.15) is 19.3 Å². The van der Waals surface area contributed by atoms with Crippen molar-refractivity contribution < 1.29 is 37.6 Å². The monoisotopic (exact) mass is 218 g/mol. The molecule has 0 aromatic heterocycles. The van der Waals surface area contributed by atoms with Crippen LogP contribution >= 0.6 is 0 Å². The minimum atomic E-state index is -0.338. The maximum atomic E-state index is 9.98. The number of rotatable bonds is 1. The van der Waals surface area contributed by atoms with Gasteiger partial charge in [-0.15, -0.1) is 0 Å². The maximum Gasteiger partial charge on any atom is 0.0995 e. The van der Waals surface area contributed by atoms with E-state index in [1.54, 1.807) is 6.42 Å². The van der Waals surface area contributed by atoms with Gasteiger partial charge in [-0.05, 0) is 11.3 Å². The fourth-order valence-corrected chi connectivity index (χ4v) is 0.947. The van der Waals surface area contributed by atoms with E-state index in [1.807, 2.05) is 0 Å². The molecule has 1 aliphatic rings. The third-order valence-corrected chi connectivity index (χ3v) is 1.41. The van der Waals surface area contributed by atoms with Gasteiger partial charge in [0.1, 0.15) is 0 Å². The van der Waals surface area contributed by atoms with Gasteiger partial charge in [0, 0.05) is 32.7 Å². The Balaban J connectivity index is 0. The molecule has 0 bridgehead atoms. The second-order valence-corrected chi connectivity index (χ2v) is 2.02. The van der Waals surface area contributed by atoms with Crippen LogP contribution in [0.25, 0.3) is 0 Å². The smallest absolute Gasteiger partial charge is 0.0995 e. The SMILES string of the molecule is O=[N+]([O-])C1[CH-]CCC1.[CH3-].[Y]. The van der Waals surface area contributed by atoms with Crippen LogP contribution in [0, 0.1) is 24.0 Å². The number of hydrogen-bond acceptors (Lipinski definition) is 2. The van der Waals surface area contributed by atoms with Gasteiger partial charge in [0.15, 0.2) is 0 Å². The van der Waals surface area contributed by atoms with Crippen molar-refractivity contribution in [3.8, 4) is 0 Å². The van der Waals surface area contributed by atoms with Crippen molar-refractivity contribution in [3.05, 3.63) is 24.0 Å². The summed E-state index contributed by atoms with van der Waals surface area (Å²) in [6, 6.07) is -0.338. The van der Waals surface area contributed by atoms with Crippen molar-refractivity contribution in [1.82, 2.24) is 0 Å². The van der Waals surface area contributed by atoms with Crippen LogP contribution in [0.2, 0.25) is 0 Å². The van der Waals surface area contributed by atoms with E-state index in [1.165, 1.54) is 0 Å². The van der Waals surface area contributed by atoms with Crippen LogP contribution in [0.3, 0.4) is 0 Å². The summed E-state index contributed by atoms with van der Waals surface area (Å²) in [5.74, 6) is 0. The van der Waals surface area contributed by atoms with Gasteiger partial charge in [-0.25, -0.2) is 0 Å². The summed E-state index contributed by atoms with van der Waals surface area (Å²) in [6.45, 7) is 0. The molecule has 1 unspecified atom stereocenters. The van der Waals surface area contributed by atoms with E-state index in [2.05, 4.69) is 0 Å². The Morgan fingerprint density at radius 3 is 2.40 bits per heavy atom. The Kier molecular flexibility index (Phi) is 8.17. The summed E-state index contributed by atoms with van der Waals surface area (Å²) in [5.41, 5.74) is 0. The van der Waals surface area contributed by atoms with Gasteiger partial charge in [-0.2, -0.15) is 6.42 Å². The van der Waals surface area contributed by atoms with E-state index in [4.69, 9.17) is 0 Å². The van der Waals surface area contributed by atoms with Crippen LogP contribution in [0.5, 0.6) is 0 Å². The third-order valence-electron chi connectivity index (χ3n) is 1.41. The Morgan fingerprint density at radius 1 is 1.60 bits per heavy atom. The van der Waals surface area contributed by atoms with E-state index in [-0.39, 0.29) is 51.1 Å². The van der Waals surface area contributed by atoms with Gasteiger partial charge >= 0.3 is 0 Å². The largest absolute Gasteiger partial charge is 0.358 e. The molecule has 57 valence electrons. The van der Waals surface area contributed by atoms with E-state index < -0.39 is 0 Å². The molecular weight excluding hydrogens is 207 g/mol. The number of nitro groups is 1. The quantitative estimate of drug-likeness (QED) is 0.380. The molecule has 10 heavy (non-hydrogen) atoms. The second-order valence-electron chi connectivity index (χ2n) is 2.02. The normalized spacial score (nSPS) is 22.6. The fourth-order valence-electron chi connectivity index (χ4n) is 0.947. The number of nitrogens with zero attached hydrogens (tertiary/aromatic N) is 1. The van der Waals surface area contributed by atoms with Gasteiger partial charge in [-0.3, -0.25) is 16.5 Å². The molecule has 0 amide bonds. The van der Waals surface area contributed by atoms with Crippen LogP contribution in [-0.2, 0) is 32.7 Å². The molecule has 0 aliphatic heterocycles. The number of hydrogen-bond donors (Lipinski definition) is 0. The molecule has 1 aliphatic carbocycles. The van der Waals surface area contributed by atoms with E-state index in [0.29, 0.717) is 0 Å². The molecule has 0 N–H and O–H groups in total. The molecule has 0 spiro atoms. The first-order valence-corrected chi connectivity index (χ1v) is 2.77. The van der Waals surface area contributed by atoms with Gasteiger partial charge in [0.25, 0.3) is 0 Å². The van der Waals surface area contributed by atoms with Crippen molar-refractivity contribution in [3.63, 3.8) is 0 Å². The zero-order valence-corrected chi connectivity index (χ0v) is 8.96. The molecule has 0 aromatic rings. The average molecular weight is 218 g/mol. The van der Waals surface area contributed by atoms with Gasteiger partial charge < -0.3 is 7.43 Å². The summed E-state index contributed by atoms with van der Waals surface area (Å²) in [7, 11) is 0. The Hall–Kier alpha value is 0.504.